The fourth-order valence-electron chi connectivity index (χ4n) is 1.17. The van der Waals surface area contributed by atoms with Crippen molar-refractivity contribution in [3.63, 3.8) is 0 Å². The average Bonchev–Trinajstić information content (AvgIpc) is 2.09. The minimum absolute atomic E-state index is 0. The number of hydrogen-bond donors (Lipinski definition) is 0. The van der Waals surface area contributed by atoms with Crippen LogP contribution < -0.4 is 0 Å². The fraction of sp³-hybridized carbons (Fsp3) is 0.167. The Balaban J connectivity index is 0.00000144. The third-order valence-electron chi connectivity index (χ3n) is 1.69. The van der Waals surface area contributed by atoms with Gasteiger partial charge < -0.3 is 0 Å². The zero-order valence-electron chi connectivity index (χ0n) is 8.62. The van der Waals surface area contributed by atoms with Crippen LogP contribution in [0.15, 0.2) is 36.4 Å². The van der Waals surface area contributed by atoms with Gasteiger partial charge in [-0.05, 0) is 25.0 Å². The predicted molar refractivity (Wildman–Crippen MR) is 61.6 cm³/mol. The molecule has 1 rings (SSSR count). The van der Waals surface area contributed by atoms with Crippen LogP contribution in [0.25, 0.3) is 12.2 Å². The van der Waals surface area contributed by atoms with Crippen LogP contribution in [0.5, 0.6) is 0 Å². The summed E-state index contributed by atoms with van der Waals surface area (Å²) in [5, 5.41) is 0. The third-order valence-corrected chi connectivity index (χ3v) is 1.69. The normalized spacial score (nSPS) is 10.6. The molecule has 1 radical (unpaired) electrons. The van der Waals surface area contributed by atoms with Gasteiger partial charge in [0.15, 0.2) is 0 Å². The second kappa shape index (κ2) is 6.77. The summed E-state index contributed by atoms with van der Waals surface area (Å²) < 4.78 is 0. The molecule has 0 amide bonds. The van der Waals surface area contributed by atoms with Crippen molar-refractivity contribution >= 4 is 31.0 Å². The largest absolute Gasteiger partial charge is 0.0870 e. The van der Waals surface area contributed by atoms with Gasteiger partial charge in [0.05, 0.1) is 0 Å². The summed E-state index contributed by atoms with van der Waals surface area (Å²) in [5.74, 6) is 0. The van der Waals surface area contributed by atoms with Gasteiger partial charge in [-0.2, -0.15) is 0 Å². The molecule has 63 valence electrons. The summed E-state index contributed by atoms with van der Waals surface area (Å²) >= 11 is 0. The Bertz CT molecular complexity index is 267. The number of hydrogen-bond acceptors (Lipinski definition) is 0. The summed E-state index contributed by atoms with van der Waals surface area (Å²) in [5.41, 5.74) is 2.55. The molecule has 1 heteroatoms. The van der Waals surface area contributed by atoms with Crippen LogP contribution in [0.4, 0.5) is 0 Å². The molecule has 13 heavy (non-hydrogen) atoms. The van der Waals surface area contributed by atoms with Crippen LogP contribution in [0.2, 0.25) is 0 Å². The molecule has 0 aromatic heterocycles. The van der Waals surface area contributed by atoms with Gasteiger partial charge in [0.2, 0.25) is 0 Å². The van der Waals surface area contributed by atoms with Crippen LogP contribution in [0, 0.1) is 0 Å². The SMILES string of the molecule is CC=Cc1ccccc1C=CC.[Li]. The molecule has 0 N–H and O–H groups in total. The number of rotatable bonds is 2. The van der Waals surface area contributed by atoms with E-state index in [2.05, 4.69) is 48.6 Å². The third kappa shape index (κ3) is 3.68. The summed E-state index contributed by atoms with van der Waals surface area (Å²) in [6.07, 6.45) is 8.36. The van der Waals surface area contributed by atoms with E-state index in [0.29, 0.717) is 0 Å². The van der Waals surface area contributed by atoms with E-state index in [4.69, 9.17) is 0 Å². The zero-order valence-corrected chi connectivity index (χ0v) is 8.62. The van der Waals surface area contributed by atoms with Crippen molar-refractivity contribution in [1.82, 2.24) is 0 Å². The first kappa shape index (κ1) is 12.3. The smallest absolute Gasteiger partial charge is 0 e. The van der Waals surface area contributed by atoms with Crippen LogP contribution in [-0.4, -0.2) is 18.9 Å². The van der Waals surface area contributed by atoms with Crippen molar-refractivity contribution in [1.29, 1.82) is 0 Å². The molecule has 0 saturated heterocycles. The summed E-state index contributed by atoms with van der Waals surface area (Å²) in [6.45, 7) is 4.07. The van der Waals surface area contributed by atoms with Crippen LogP contribution in [0.1, 0.15) is 25.0 Å². The monoisotopic (exact) mass is 165 g/mol. The first-order chi connectivity index (χ1) is 5.88. The Hall–Kier alpha value is -0.703. The van der Waals surface area contributed by atoms with E-state index in [0.717, 1.165) is 0 Å². The van der Waals surface area contributed by atoms with Crippen molar-refractivity contribution in [2.24, 2.45) is 0 Å². The zero-order chi connectivity index (χ0) is 8.81. The first-order valence-corrected chi connectivity index (χ1v) is 4.23. The van der Waals surface area contributed by atoms with Gasteiger partial charge in [-0.15, -0.1) is 0 Å². The van der Waals surface area contributed by atoms with E-state index in [-0.39, 0.29) is 18.9 Å². The fourth-order valence-corrected chi connectivity index (χ4v) is 1.17. The van der Waals surface area contributed by atoms with Gasteiger partial charge in [-0.3, -0.25) is 0 Å². The molecular formula is C12H14Li. The number of benzene rings is 1. The molecule has 0 heterocycles. The Morgan fingerprint density at radius 3 is 1.54 bits per heavy atom. The Labute approximate surface area is 92.5 Å². The van der Waals surface area contributed by atoms with Crippen molar-refractivity contribution in [3.8, 4) is 0 Å². The molecule has 0 bridgehead atoms. The average molecular weight is 165 g/mol. The van der Waals surface area contributed by atoms with E-state index in [1.165, 1.54) is 11.1 Å². The predicted octanol–water partition coefficient (Wildman–Crippen LogP) is 3.37. The number of allylic oxidation sites excluding steroid dienone is 2. The quantitative estimate of drug-likeness (QED) is 0.589. The maximum Gasteiger partial charge on any atom is 0 e. The van der Waals surface area contributed by atoms with E-state index >= 15 is 0 Å². The molecule has 0 saturated carbocycles. The summed E-state index contributed by atoms with van der Waals surface area (Å²) in [7, 11) is 0. The van der Waals surface area contributed by atoms with Crippen LogP contribution in [-0.2, 0) is 0 Å². The maximum absolute atomic E-state index is 2.12. The van der Waals surface area contributed by atoms with E-state index in [9.17, 15) is 0 Å². The van der Waals surface area contributed by atoms with Gasteiger partial charge in [-0.1, -0.05) is 48.6 Å². The van der Waals surface area contributed by atoms with Crippen molar-refractivity contribution in [2.45, 2.75) is 13.8 Å². The molecule has 0 fully saturated rings. The molecule has 0 aliphatic carbocycles. The molecule has 0 nitrogen and oxygen atoms in total. The van der Waals surface area contributed by atoms with Gasteiger partial charge in [0, 0.05) is 18.9 Å². The van der Waals surface area contributed by atoms with Gasteiger partial charge in [0.25, 0.3) is 0 Å². The van der Waals surface area contributed by atoms with Crippen LogP contribution in [0.3, 0.4) is 0 Å². The van der Waals surface area contributed by atoms with E-state index < -0.39 is 0 Å². The Morgan fingerprint density at radius 2 is 1.23 bits per heavy atom. The van der Waals surface area contributed by atoms with Crippen LogP contribution >= 0.6 is 0 Å². The first-order valence-electron chi connectivity index (χ1n) is 4.23. The molecule has 0 unspecified atom stereocenters. The maximum atomic E-state index is 2.12. The second-order valence-electron chi connectivity index (χ2n) is 2.63. The Kier molecular flexibility index (Phi) is 6.41. The molecule has 0 atom stereocenters. The standard InChI is InChI=1S/C12H14.Li/c1-3-7-11-9-5-6-10-12(11)8-4-2;/h3-10H,1-2H3;. The minimum Gasteiger partial charge on any atom is -0.0870 e. The van der Waals surface area contributed by atoms with Gasteiger partial charge in [-0.25, -0.2) is 0 Å². The molecule has 0 spiro atoms. The summed E-state index contributed by atoms with van der Waals surface area (Å²) in [6, 6.07) is 8.36. The molecule has 0 aliphatic heterocycles. The second-order valence-corrected chi connectivity index (χ2v) is 2.63. The van der Waals surface area contributed by atoms with Crippen molar-refractivity contribution < 1.29 is 0 Å². The van der Waals surface area contributed by atoms with Gasteiger partial charge in [0.1, 0.15) is 0 Å². The van der Waals surface area contributed by atoms with Crippen molar-refractivity contribution in [2.75, 3.05) is 0 Å². The van der Waals surface area contributed by atoms with E-state index in [1.807, 2.05) is 13.8 Å². The summed E-state index contributed by atoms with van der Waals surface area (Å²) in [4.78, 5) is 0. The van der Waals surface area contributed by atoms with E-state index in [1.54, 1.807) is 0 Å². The molecule has 1 aromatic carbocycles. The Morgan fingerprint density at radius 1 is 0.846 bits per heavy atom. The molecule has 0 aliphatic rings. The van der Waals surface area contributed by atoms with Gasteiger partial charge >= 0.3 is 0 Å². The molecular weight excluding hydrogens is 151 g/mol. The van der Waals surface area contributed by atoms with Crippen molar-refractivity contribution in [3.05, 3.63) is 47.5 Å². The topological polar surface area (TPSA) is 0 Å². The minimum atomic E-state index is 0. The molecule has 1 aromatic rings.